The van der Waals surface area contributed by atoms with Gasteiger partial charge in [-0.1, -0.05) is 6.07 Å². The van der Waals surface area contributed by atoms with E-state index in [1.807, 2.05) is 0 Å². The van der Waals surface area contributed by atoms with Gasteiger partial charge in [-0.05, 0) is 17.9 Å². The lowest BCUT2D eigenvalue weighted by Crippen LogP contribution is -2.11. The topological polar surface area (TPSA) is 97.7 Å². The first-order valence-electron chi connectivity index (χ1n) is 5.45. The zero-order valence-corrected chi connectivity index (χ0v) is 10.8. The molecule has 7 nitrogen and oxygen atoms in total. The summed E-state index contributed by atoms with van der Waals surface area (Å²) < 4.78 is 1.39. The minimum Gasteiger partial charge on any atom is -0.480 e. The summed E-state index contributed by atoms with van der Waals surface area (Å²) in [4.78, 5) is 25.5. The van der Waals surface area contributed by atoms with Crippen LogP contribution >= 0.6 is 11.8 Å². The summed E-state index contributed by atoms with van der Waals surface area (Å²) in [6.45, 7) is 1.54. The average molecular weight is 281 g/mol. The van der Waals surface area contributed by atoms with Crippen molar-refractivity contribution in [2.75, 3.05) is 0 Å². The number of aromatic nitrogens is 2. The van der Waals surface area contributed by atoms with Crippen LogP contribution in [0, 0.1) is 10.1 Å². The Morgan fingerprint density at radius 2 is 2.37 bits per heavy atom. The number of hydrogen-bond donors (Lipinski definition) is 1. The molecule has 1 unspecified atom stereocenters. The molecule has 19 heavy (non-hydrogen) atoms. The van der Waals surface area contributed by atoms with Crippen LogP contribution in [0.4, 0.5) is 5.82 Å². The van der Waals surface area contributed by atoms with E-state index in [4.69, 9.17) is 5.11 Å². The molecule has 0 aromatic carbocycles. The summed E-state index contributed by atoms with van der Waals surface area (Å²) in [6, 6.07) is 5.09. The third kappa shape index (κ3) is 2.68. The summed E-state index contributed by atoms with van der Waals surface area (Å²) in [5.41, 5.74) is 0.766. The van der Waals surface area contributed by atoms with Crippen molar-refractivity contribution in [1.29, 1.82) is 0 Å². The van der Waals surface area contributed by atoms with Gasteiger partial charge >= 0.3 is 11.8 Å². The van der Waals surface area contributed by atoms with Crippen LogP contribution < -0.4 is 0 Å². The Kier molecular flexibility index (Phi) is 3.70. The van der Waals surface area contributed by atoms with Gasteiger partial charge in [0.05, 0.1) is 11.4 Å². The maximum atomic E-state index is 11.1. The third-order valence-electron chi connectivity index (χ3n) is 2.56. The van der Waals surface area contributed by atoms with E-state index < -0.39 is 16.1 Å². The third-order valence-corrected chi connectivity index (χ3v) is 3.71. The van der Waals surface area contributed by atoms with Crippen LogP contribution in [-0.4, -0.2) is 30.6 Å². The molecule has 2 rings (SSSR count). The van der Waals surface area contributed by atoms with Crippen molar-refractivity contribution in [2.45, 2.75) is 17.9 Å². The van der Waals surface area contributed by atoms with E-state index in [-0.39, 0.29) is 17.3 Å². The molecule has 2 aromatic heterocycles. The Morgan fingerprint density at radius 3 is 3.00 bits per heavy atom. The number of pyridine rings is 1. The second kappa shape index (κ2) is 5.27. The molecule has 0 amide bonds. The van der Waals surface area contributed by atoms with E-state index in [2.05, 4.69) is 4.98 Å². The lowest BCUT2D eigenvalue weighted by Gasteiger charge is -2.03. The number of imidazole rings is 1. The van der Waals surface area contributed by atoms with Crippen LogP contribution in [0.5, 0.6) is 0 Å². The van der Waals surface area contributed by atoms with Crippen LogP contribution in [-0.2, 0) is 10.5 Å². The molecule has 0 saturated carbocycles. The van der Waals surface area contributed by atoms with Crippen molar-refractivity contribution in [3.8, 4) is 0 Å². The Morgan fingerprint density at radius 1 is 1.63 bits per heavy atom. The van der Waals surface area contributed by atoms with Crippen LogP contribution in [0.25, 0.3) is 5.65 Å². The van der Waals surface area contributed by atoms with Gasteiger partial charge in [-0.25, -0.2) is 4.98 Å². The molecule has 2 aromatic rings. The van der Waals surface area contributed by atoms with E-state index in [0.717, 1.165) is 11.8 Å². The van der Waals surface area contributed by atoms with Gasteiger partial charge in [-0.15, -0.1) is 11.8 Å². The SMILES string of the molecule is CC(SCc1nc2ccccn2c1[N+](=O)[O-])C(=O)O. The fraction of sp³-hybridized carbons (Fsp3) is 0.273. The molecular formula is C11H11N3O4S. The first-order chi connectivity index (χ1) is 9.00. The van der Waals surface area contributed by atoms with Crippen molar-refractivity contribution in [3.05, 3.63) is 40.2 Å². The highest BCUT2D eigenvalue weighted by molar-refractivity contribution is 7.99. The lowest BCUT2D eigenvalue weighted by molar-refractivity contribution is -0.391. The number of nitrogens with zero attached hydrogens (tertiary/aromatic N) is 3. The van der Waals surface area contributed by atoms with Crippen LogP contribution in [0.2, 0.25) is 0 Å². The van der Waals surface area contributed by atoms with Crippen molar-refractivity contribution in [3.63, 3.8) is 0 Å². The van der Waals surface area contributed by atoms with Crippen molar-refractivity contribution >= 4 is 29.2 Å². The number of carboxylic acids is 1. The number of carboxylic acid groups (broad SMARTS) is 1. The maximum absolute atomic E-state index is 11.1. The number of fused-ring (bicyclic) bond motifs is 1. The second-order valence-electron chi connectivity index (χ2n) is 3.86. The fourth-order valence-electron chi connectivity index (χ4n) is 1.60. The van der Waals surface area contributed by atoms with Gasteiger partial charge in [-0.3, -0.25) is 4.79 Å². The normalized spacial score (nSPS) is 12.5. The van der Waals surface area contributed by atoms with Gasteiger partial charge in [-0.2, -0.15) is 4.40 Å². The van der Waals surface area contributed by atoms with E-state index in [1.165, 1.54) is 11.3 Å². The maximum Gasteiger partial charge on any atom is 0.351 e. The summed E-state index contributed by atoms with van der Waals surface area (Å²) in [6.07, 6.45) is 1.56. The molecule has 0 aliphatic carbocycles. The van der Waals surface area contributed by atoms with Gasteiger partial charge in [0.15, 0.2) is 0 Å². The molecule has 100 valence electrons. The molecule has 2 heterocycles. The minimum absolute atomic E-state index is 0.110. The van der Waals surface area contributed by atoms with E-state index in [9.17, 15) is 14.9 Å². The molecule has 0 aliphatic heterocycles. The number of carbonyl (C=O) groups is 1. The molecule has 0 saturated heterocycles. The highest BCUT2D eigenvalue weighted by Crippen LogP contribution is 2.26. The van der Waals surface area contributed by atoms with E-state index in [0.29, 0.717) is 5.65 Å². The van der Waals surface area contributed by atoms with E-state index >= 15 is 0 Å². The Labute approximate surface area is 112 Å². The average Bonchev–Trinajstić information content (AvgIpc) is 2.73. The Balaban J connectivity index is 2.34. The zero-order chi connectivity index (χ0) is 14.0. The smallest absolute Gasteiger partial charge is 0.351 e. The molecule has 0 aliphatic rings. The minimum atomic E-state index is -0.948. The summed E-state index contributed by atoms with van der Waals surface area (Å²) in [7, 11) is 0. The van der Waals surface area contributed by atoms with E-state index in [1.54, 1.807) is 24.4 Å². The Bertz CT molecular complexity index is 640. The molecule has 0 bridgehead atoms. The van der Waals surface area contributed by atoms with Crippen molar-refractivity contribution in [2.24, 2.45) is 0 Å². The van der Waals surface area contributed by atoms with Gasteiger partial charge in [0.25, 0.3) is 0 Å². The second-order valence-corrected chi connectivity index (χ2v) is 5.19. The summed E-state index contributed by atoms with van der Waals surface area (Å²) in [5.74, 6) is -0.872. The van der Waals surface area contributed by atoms with Crippen molar-refractivity contribution < 1.29 is 14.8 Å². The molecule has 1 N–H and O–H groups in total. The summed E-state index contributed by atoms with van der Waals surface area (Å²) >= 11 is 1.10. The van der Waals surface area contributed by atoms with Gasteiger partial charge < -0.3 is 15.2 Å². The number of rotatable bonds is 5. The molecule has 1 atom stereocenters. The zero-order valence-electron chi connectivity index (χ0n) is 10.0. The molecular weight excluding hydrogens is 270 g/mol. The number of aliphatic carboxylic acids is 1. The summed E-state index contributed by atoms with van der Waals surface area (Å²) in [5, 5.41) is 19.3. The van der Waals surface area contributed by atoms with Gasteiger partial charge in [0, 0.05) is 11.8 Å². The number of hydrogen-bond acceptors (Lipinski definition) is 5. The van der Waals surface area contributed by atoms with Crippen LogP contribution in [0.3, 0.4) is 0 Å². The fourth-order valence-corrected chi connectivity index (χ4v) is 2.34. The number of thioether (sulfide) groups is 1. The Hall–Kier alpha value is -2.09. The molecule has 0 spiro atoms. The predicted octanol–water partition coefficient (Wildman–Crippen LogP) is 1.95. The predicted molar refractivity (Wildman–Crippen MR) is 70.2 cm³/mol. The largest absolute Gasteiger partial charge is 0.480 e. The number of nitro groups is 1. The van der Waals surface area contributed by atoms with Crippen molar-refractivity contribution in [1.82, 2.24) is 9.38 Å². The van der Waals surface area contributed by atoms with Crippen LogP contribution in [0.1, 0.15) is 12.6 Å². The van der Waals surface area contributed by atoms with Crippen LogP contribution in [0.15, 0.2) is 24.4 Å². The first-order valence-corrected chi connectivity index (χ1v) is 6.50. The quantitative estimate of drug-likeness (QED) is 0.664. The van der Waals surface area contributed by atoms with Gasteiger partial charge in [0.2, 0.25) is 5.65 Å². The highest BCUT2D eigenvalue weighted by Gasteiger charge is 2.23. The molecule has 0 fully saturated rings. The molecule has 0 radical (unpaired) electrons. The lowest BCUT2D eigenvalue weighted by atomic mass is 10.5. The molecule has 8 heteroatoms. The van der Waals surface area contributed by atoms with Gasteiger partial charge in [0.1, 0.15) is 5.69 Å². The first kappa shape index (κ1) is 13.3. The monoisotopic (exact) mass is 281 g/mol. The standard InChI is InChI=1S/C11H11N3O4S/c1-7(11(15)16)19-6-8-10(14(17)18)13-5-3-2-4-9(13)12-8/h2-5,7H,6H2,1H3,(H,15,16). The highest BCUT2D eigenvalue weighted by atomic mass is 32.2.